The molecule has 1 atom stereocenters. The van der Waals surface area contributed by atoms with Gasteiger partial charge in [-0.15, -0.1) is 0 Å². The highest BCUT2D eigenvalue weighted by Crippen LogP contribution is 2.01. The van der Waals surface area contributed by atoms with Crippen molar-refractivity contribution < 1.29 is 4.79 Å². The van der Waals surface area contributed by atoms with E-state index in [4.69, 9.17) is 0 Å². The Morgan fingerprint density at radius 2 is 2.56 bits per heavy atom. The average molecular weight is 145 g/mol. The number of rotatable bonds is 1. The molecule has 4 heteroatoms. The zero-order valence-corrected chi connectivity index (χ0v) is 5.83. The van der Waals surface area contributed by atoms with Crippen molar-refractivity contribution in [1.29, 1.82) is 0 Å². The topological polar surface area (TPSA) is 41.1 Å². The summed E-state index contributed by atoms with van der Waals surface area (Å²) in [5.74, 6) is 1.89. The third-order valence-corrected chi connectivity index (χ3v) is 2.14. The number of thioether (sulfide) groups is 1. The lowest BCUT2D eigenvalue weighted by Gasteiger charge is -2.04. The summed E-state index contributed by atoms with van der Waals surface area (Å²) in [5.41, 5.74) is 5.75. The molecule has 51 valence electrons. The lowest BCUT2D eigenvalue weighted by atomic mass is 10.4. The summed E-state index contributed by atoms with van der Waals surface area (Å²) in [7, 11) is 0. The average Bonchev–Trinajstić information content (AvgIpc) is 2.13. The minimum Gasteiger partial charge on any atom is -0.289 e. The van der Waals surface area contributed by atoms with Crippen LogP contribution >= 0.6 is 11.8 Å². The molecule has 0 aliphatic carbocycles. The summed E-state index contributed by atoms with van der Waals surface area (Å²) in [6, 6.07) is -0.127. The summed E-state index contributed by atoms with van der Waals surface area (Å²) < 4.78 is 0. The summed E-state index contributed by atoms with van der Waals surface area (Å²) in [6.07, 6.45) is 1.90. The zero-order chi connectivity index (χ0) is 6.53. The van der Waals surface area contributed by atoms with Crippen molar-refractivity contribution in [1.82, 2.24) is 10.9 Å². The molecule has 0 saturated carbocycles. The molecule has 1 heterocycles. The van der Waals surface area contributed by atoms with Crippen molar-refractivity contribution in [2.24, 2.45) is 0 Å². The van der Waals surface area contributed by atoms with Crippen molar-refractivity contribution in [3.63, 3.8) is 0 Å². The van der Waals surface area contributed by atoms with E-state index in [0.29, 0.717) is 0 Å². The fourth-order valence-electron chi connectivity index (χ4n) is 0.625. The van der Waals surface area contributed by atoms with E-state index in [1.165, 1.54) is 0 Å². The van der Waals surface area contributed by atoms with Crippen LogP contribution in [0.5, 0.6) is 0 Å². The second-order valence-electron chi connectivity index (χ2n) is 1.82. The lowest BCUT2D eigenvalue weighted by Crippen LogP contribution is -2.41. The predicted molar refractivity (Wildman–Crippen MR) is 37.9 cm³/mol. The molecule has 2 N–H and O–H groups in total. The number of hydrogen-bond acceptors (Lipinski definition) is 4. The van der Waals surface area contributed by atoms with Crippen LogP contribution in [0.2, 0.25) is 0 Å². The van der Waals surface area contributed by atoms with Gasteiger partial charge in [0.25, 0.3) is 0 Å². The predicted octanol–water partition coefficient (Wildman–Crippen LogP) is -0.694. The highest BCUT2D eigenvalue weighted by Gasteiger charge is 2.09. The third-order valence-electron chi connectivity index (χ3n) is 1.07. The molecule has 0 amide bonds. The van der Waals surface area contributed by atoms with Crippen LogP contribution in [-0.4, -0.2) is 30.4 Å². The van der Waals surface area contributed by atoms with Crippen LogP contribution in [0.1, 0.15) is 0 Å². The third kappa shape index (κ3) is 2.34. The molecular weight excluding hydrogens is 136 g/mol. The first kappa shape index (κ1) is 7.05. The molecule has 0 aromatic heterocycles. The van der Waals surface area contributed by atoms with Gasteiger partial charge >= 0.3 is 0 Å². The van der Waals surface area contributed by atoms with E-state index in [1.54, 1.807) is 11.8 Å². The molecule has 1 unspecified atom stereocenters. The van der Waals surface area contributed by atoms with Crippen molar-refractivity contribution in [3.05, 3.63) is 0 Å². The Hall–Kier alpha value is -0.0600. The number of nitrogens with one attached hydrogen (secondary N) is 2. The molecule has 0 spiro atoms. The van der Waals surface area contributed by atoms with Crippen LogP contribution in [-0.2, 0) is 4.79 Å². The first-order chi connectivity index (χ1) is 4.43. The molecule has 0 aromatic carbocycles. The van der Waals surface area contributed by atoms with E-state index in [-0.39, 0.29) is 6.04 Å². The van der Waals surface area contributed by atoms with Crippen molar-refractivity contribution in [3.8, 4) is 0 Å². The first-order valence-corrected chi connectivity index (χ1v) is 4.03. The summed E-state index contributed by atoms with van der Waals surface area (Å²) in [5, 5.41) is 0. The van der Waals surface area contributed by atoms with Gasteiger partial charge in [-0.2, -0.15) is 11.8 Å². The number of hydrazine groups is 1. The highest BCUT2D eigenvalue weighted by atomic mass is 32.2. The maximum atomic E-state index is 10.1. The van der Waals surface area contributed by atoms with Crippen molar-refractivity contribution in [2.75, 3.05) is 18.1 Å². The monoisotopic (exact) mass is 145 g/mol. The standard InChI is InChI=1S/C5H9N2OS/c8-3-5-4-9-2-1-6-7-5/h5-7H,1-2,4H2. The minimum absolute atomic E-state index is 0.127. The lowest BCUT2D eigenvalue weighted by molar-refractivity contribution is 0.495. The molecule has 1 fully saturated rings. The Balaban J connectivity index is 2.26. The van der Waals surface area contributed by atoms with Crippen LogP contribution in [0.4, 0.5) is 0 Å². The van der Waals surface area contributed by atoms with Gasteiger partial charge in [0.1, 0.15) is 0 Å². The Kier molecular flexibility index (Phi) is 3.03. The van der Waals surface area contributed by atoms with Crippen molar-refractivity contribution in [2.45, 2.75) is 6.04 Å². The van der Waals surface area contributed by atoms with Crippen LogP contribution in [0.25, 0.3) is 0 Å². The Morgan fingerprint density at radius 3 is 3.33 bits per heavy atom. The van der Waals surface area contributed by atoms with E-state index >= 15 is 0 Å². The van der Waals surface area contributed by atoms with Gasteiger partial charge in [-0.3, -0.25) is 10.2 Å². The molecule has 1 rings (SSSR count). The van der Waals surface area contributed by atoms with E-state index in [1.807, 2.05) is 6.29 Å². The molecule has 9 heavy (non-hydrogen) atoms. The summed E-state index contributed by atoms with van der Waals surface area (Å²) in [6.45, 7) is 0.919. The van der Waals surface area contributed by atoms with E-state index < -0.39 is 0 Å². The van der Waals surface area contributed by atoms with Gasteiger partial charge in [-0.05, 0) is 0 Å². The van der Waals surface area contributed by atoms with Gasteiger partial charge in [-0.1, -0.05) is 0 Å². The fourth-order valence-corrected chi connectivity index (χ4v) is 1.43. The van der Waals surface area contributed by atoms with Gasteiger partial charge in [-0.25, -0.2) is 5.43 Å². The SMILES string of the molecule is O=[C]C1CSCCNN1. The summed E-state index contributed by atoms with van der Waals surface area (Å²) >= 11 is 1.76. The van der Waals surface area contributed by atoms with Crippen LogP contribution in [0, 0.1) is 0 Å². The number of carbonyl (C=O) groups excluding carboxylic acids is 1. The van der Waals surface area contributed by atoms with Gasteiger partial charge in [0.05, 0.1) is 6.04 Å². The van der Waals surface area contributed by atoms with E-state index in [2.05, 4.69) is 10.9 Å². The number of hydrogen-bond donors (Lipinski definition) is 2. The molecule has 1 saturated heterocycles. The largest absolute Gasteiger partial charge is 0.289 e. The normalized spacial score (nSPS) is 29.1. The van der Waals surface area contributed by atoms with Gasteiger partial charge < -0.3 is 0 Å². The van der Waals surface area contributed by atoms with Crippen LogP contribution < -0.4 is 10.9 Å². The minimum atomic E-state index is -0.127. The second-order valence-corrected chi connectivity index (χ2v) is 2.97. The Bertz CT molecular complexity index is 91.0. The quantitative estimate of drug-likeness (QED) is 0.512. The van der Waals surface area contributed by atoms with Crippen molar-refractivity contribution >= 4 is 18.0 Å². The second kappa shape index (κ2) is 3.87. The Labute approximate surface area is 58.5 Å². The Morgan fingerprint density at radius 1 is 1.67 bits per heavy atom. The van der Waals surface area contributed by atoms with Crippen LogP contribution in [0.3, 0.4) is 0 Å². The summed E-state index contributed by atoms with van der Waals surface area (Å²) in [4.78, 5) is 10.1. The smallest absolute Gasteiger partial charge is 0.219 e. The van der Waals surface area contributed by atoms with Gasteiger partial charge in [0.15, 0.2) is 0 Å². The molecule has 1 aliphatic heterocycles. The maximum absolute atomic E-state index is 10.1. The van der Waals surface area contributed by atoms with Crippen LogP contribution in [0.15, 0.2) is 0 Å². The van der Waals surface area contributed by atoms with E-state index in [0.717, 1.165) is 18.1 Å². The fraction of sp³-hybridized carbons (Fsp3) is 0.800. The molecule has 1 radical (unpaired) electrons. The molecular formula is C5H9N2OS. The molecule has 3 nitrogen and oxygen atoms in total. The zero-order valence-electron chi connectivity index (χ0n) is 5.02. The maximum Gasteiger partial charge on any atom is 0.219 e. The van der Waals surface area contributed by atoms with Gasteiger partial charge in [0.2, 0.25) is 6.29 Å². The first-order valence-electron chi connectivity index (χ1n) is 2.87. The molecule has 0 aromatic rings. The highest BCUT2D eigenvalue weighted by molar-refractivity contribution is 7.99. The van der Waals surface area contributed by atoms with Gasteiger partial charge in [0, 0.05) is 18.1 Å². The van der Waals surface area contributed by atoms with E-state index in [9.17, 15) is 4.79 Å². The molecule has 0 bridgehead atoms. The molecule has 1 aliphatic rings.